The van der Waals surface area contributed by atoms with Crippen LogP contribution in [0, 0.1) is 5.92 Å². The van der Waals surface area contributed by atoms with Gasteiger partial charge in [0.15, 0.2) is 16.9 Å². The zero-order valence-electron chi connectivity index (χ0n) is 17.5. The Hall–Kier alpha value is -2.76. The number of hydrogen-bond acceptors (Lipinski definition) is 5. The van der Waals surface area contributed by atoms with Gasteiger partial charge in [-0.3, -0.25) is 4.79 Å². The second-order valence-electron chi connectivity index (χ2n) is 8.86. The van der Waals surface area contributed by atoms with Gasteiger partial charge in [-0.05, 0) is 44.7 Å². The van der Waals surface area contributed by atoms with Gasteiger partial charge in [0.05, 0.1) is 12.3 Å². The number of aromatic hydroxyl groups is 1. The second kappa shape index (κ2) is 6.65. The summed E-state index contributed by atoms with van der Waals surface area (Å²) in [5.41, 5.74) is 2.89. The van der Waals surface area contributed by atoms with Gasteiger partial charge >= 0.3 is 5.97 Å². The van der Waals surface area contributed by atoms with Crippen LogP contribution < -0.4 is 10.2 Å². The van der Waals surface area contributed by atoms with Crippen LogP contribution in [0.25, 0.3) is 11.3 Å². The molecular formula is C23H27NO5. The number of aromatic nitrogens is 1. The molecule has 2 aliphatic heterocycles. The van der Waals surface area contributed by atoms with E-state index in [4.69, 9.17) is 9.47 Å². The molecule has 6 heteroatoms. The van der Waals surface area contributed by atoms with Crippen LogP contribution >= 0.6 is 0 Å². The summed E-state index contributed by atoms with van der Waals surface area (Å²) in [5.74, 6) is 0.306. The van der Waals surface area contributed by atoms with Gasteiger partial charge in [0.25, 0.3) is 0 Å². The monoisotopic (exact) mass is 397 g/mol. The molecule has 6 nitrogen and oxygen atoms in total. The fourth-order valence-corrected chi connectivity index (χ4v) is 4.53. The van der Waals surface area contributed by atoms with Crippen molar-refractivity contribution in [2.75, 3.05) is 6.61 Å². The van der Waals surface area contributed by atoms with E-state index in [1.807, 2.05) is 18.4 Å². The first-order chi connectivity index (χ1) is 13.6. The minimum atomic E-state index is -0.596. The molecule has 0 saturated heterocycles. The molecule has 0 spiro atoms. The topological polar surface area (TPSA) is 77.8 Å². The minimum absolute atomic E-state index is 0.0525. The van der Waals surface area contributed by atoms with Crippen molar-refractivity contribution >= 4 is 5.97 Å². The minimum Gasteiger partial charge on any atom is -0.504 e. The molecule has 1 aromatic carbocycles. The molecule has 1 atom stereocenters. The molecule has 154 valence electrons. The van der Waals surface area contributed by atoms with Gasteiger partial charge in [0.1, 0.15) is 11.2 Å². The molecule has 0 bridgehead atoms. The van der Waals surface area contributed by atoms with Crippen molar-refractivity contribution in [1.82, 2.24) is 4.57 Å². The maximum absolute atomic E-state index is 12.8. The maximum Gasteiger partial charge on any atom is 0.343 e. The van der Waals surface area contributed by atoms with Crippen LogP contribution in [0.5, 0.6) is 11.5 Å². The Morgan fingerprint density at radius 3 is 2.76 bits per heavy atom. The van der Waals surface area contributed by atoms with E-state index in [0.29, 0.717) is 18.6 Å². The van der Waals surface area contributed by atoms with E-state index in [2.05, 4.69) is 13.8 Å². The van der Waals surface area contributed by atoms with Crippen molar-refractivity contribution in [2.45, 2.75) is 59.1 Å². The molecule has 2 aliphatic rings. The van der Waals surface area contributed by atoms with Gasteiger partial charge in [-0.25, -0.2) is 4.79 Å². The zero-order valence-corrected chi connectivity index (χ0v) is 17.5. The number of esters is 1. The van der Waals surface area contributed by atoms with Crippen molar-refractivity contribution in [2.24, 2.45) is 5.92 Å². The number of pyridine rings is 1. The van der Waals surface area contributed by atoms with Gasteiger partial charge in [-0.1, -0.05) is 13.8 Å². The Morgan fingerprint density at radius 1 is 1.38 bits per heavy atom. The summed E-state index contributed by atoms with van der Waals surface area (Å²) >= 11 is 0. The molecular weight excluding hydrogens is 370 g/mol. The molecule has 4 rings (SSSR count). The lowest BCUT2D eigenvalue weighted by molar-refractivity contribution is 0.0523. The third-order valence-corrected chi connectivity index (χ3v) is 5.81. The lowest BCUT2D eigenvalue weighted by Crippen LogP contribution is -2.29. The van der Waals surface area contributed by atoms with Gasteiger partial charge < -0.3 is 19.1 Å². The number of nitrogens with zero attached hydrogens (tertiary/aromatic N) is 1. The average Bonchev–Trinajstić information content (AvgIpc) is 2.96. The number of phenols is 1. The third-order valence-electron chi connectivity index (χ3n) is 5.81. The van der Waals surface area contributed by atoms with Crippen molar-refractivity contribution in [1.29, 1.82) is 0 Å². The van der Waals surface area contributed by atoms with E-state index >= 15 is 0 Å². The summed E-state index contributed by atoms with van der Waals surface area (Å²) in [6, 6.07) is 3.35. The van der Waals surface area contributed by atoms with E-state index in [9.17, 15) is 14.7 Å². The molecule has 0 fully saturated rings. The fraction of sp³-hybridized carbons (Fsp3) is 0.478. The number of carbonyl (C=O) groups is 1. The van der Waals surface area contributed by atoms with Crippen LogP contribution in [0.4, 0.5) is 0 Å². The molecule has 2 aromatic rings. The summed E-state index contributed by atoms with van der Waals surface area (Å²) in [7, 11) is 0. The molecule has 3 heterocycles. The zero-order chi connectivity index (χ0) is 21.1. The van der Waals surface area contributed by atoms with Gasteiger partial charge in [-0.2, -0.15) is 0 Å². The third kappa shape index (κ3) is 3.11. The molecule has 1 N–H and O–H groups in total. The summed E-state index contributed by atoms with van der Waals surface area (Å²) in [6.45, 7) is 10.1. The Bertz CT molecular complexity index is 1060. The standard InChI is InChI=1S/C23H27NO5/c1-6-28-22(27)15-11-24-16(12(2)3)7-13-8-19(26)21-14(10-23(4,5)29-21)20(13)17(24)9-18(15)25/h8-9,11-12,16,26H,6-7,10H2,1-5H3. The predicted molar refractivity (Wildman–Crippen MR) is 110 cm³/mol. The Balaban J connectivity index is 1.98. The van der Waals surface area contributed by atoms with Crippen molar-refractivity contribution in [3.63, 3.8) is 0 Å². The van der Waals surface area contributed by atoms with E-state index in [-0.39, 0.29) is 35.3 Å². The summed E-state index contributed by atoms with van der Waals surface area (Å²) in [6.07, 6.45) is 2.98. The quantitative estimate of drug-likeness (QED) is 0.796. The van der Waals surface area contributed by atoms with E-state index in [0.717, 1.165) is 22.4 Å². The van der Waals surface area contributed by atoms with Crippen molar-refractivity contribution < 1.29 is 19.4 Å². The Kier molecular flexibility index (Phi) is 4.48. The van der Waals surface area contributed by atoms with Crippen LogP contribution in [0.15, 0.2) is 23.1 Å². The summed E-state index contributed by atoms with van der Waals surface area (Å²) in [5, 5.41) is 10.6. The fourth-order valence-electron chi connectivity index (χ4n) is 4.53. The first-order valence-electron chi connectivity index (χ1n) is 10.1. The smallest absolute Gasteiger partial charge is 0.343 e. The number of rotatable bonds is 3. The highest BCUT2D eigenvalue weighted by atomic mass is 16.5. The van der Waals surface area contributed by atoms with E-state index in [1.54, 1.807) is 19.2 Å². The van der Waals surface area contributed by atoms with Crippen molar-refractivity contribution in [3.05, 3.63) is 45.2 Å². The Labute approximate surface area is 170 Å². The first-order valence-corrected chi connectivity index (χ1v) is 10.1. The molecule has 0 radical (unpaired) electrons. The molecule has 0 amide bonds. The normalized spacial score (nSPS) is 18.6. The maximum atomic E-state index is 12.8. The molecule has 29 heavy (non-hydrogen) atoms. The predicted octanol–water partition coefficient (Wildman–Crippen LogP) is 3.86. The number of phenolic OH excluding ortho intramolecular Hbond substituents is 1. The number of ether oxygens (including phenoxy) is 2. The van der Waals surface area contributed by atoms with Crippen molar-refractivity contribution in [3.8, 4) is 22.8 Å². The second-order valence-corrected chi connectivity index (χ2v) is 8.86. The van der Waals surface area contributed by atoms with E-state index < -0.39 is 11.6 Å². The molecule has 0 saturated carbocycles. The summed E-state index contributed by atoms with van der Waals surface area (Å²) < 4.78 is 13.1. The highest BCUT2D eigenvalue weighted by Crippen LogP contribution is 2.50. The first kappa shape index (κ1) is 19.6. The number of benzene rings is 1. The number of carbonyl (C=O) groups excluding carboxylic acids is 1. The van der Waals surface area contributed by atoms with Gasteiger partial charge in [-0.15, -0.1) is 0 Å². The number of hydrogen-bond donors (Lipinski definition) is 1. The molecule has 1 unspecified atom stereocenters. The highest BCUT2D eigenvalue weighted by Gasteiger charge is 2.39. The van der Waals surface area contributed by atoms with Crippen LogP contribution in [0.2, 0.25) is 0 Å². The van der Waals surface area contributed by atoms with Gasteiger partial charge in [0.2, 0.25) is 0 Å². The lowest BCUT2D eigenvalue weighted by Gasteiger charge is -2.34. The SMILES string of the molecule is CCOC(=O)c1cn2c(cc1=O)-c1c(cc(O)c3c1CC(C)(C)O3)CC2C(C)C. The van der Waals surface area contributed by atoms with Crippen LogP contribution in [0.1, 0.15) is 62.1 Å². The molecule has 1 aromatic heterocycles. The Morgan fingerprint density at radius 2 is 2.10 bits per heavy atom. The lowest BCUT2D eigenvalue weighted by atomic mass is 9.83. The van der Waals surface area contributed by atoms with Gasteiger partial charge in [0, 0.05) is 35.9 Å². The van der Waals surface area contributed by atoms with E-state index in [1.165, 1.54) is 6.07 Å². The van der Waals surface area contributed by atoms with Crippen LogP contribution in [-0.2, 0) is 17.6 Å². The largest absolute Gasteiger partial charge is 0.504 e. The van der Waals surface area contributed by atoms with Crippen LogP contribution in [0.3, 0.4) is 0 Å². The highest BCUT2D eigenvalue weighted by molar-refractivity contribution is 5.90. The number of fused-ring (bicyclic) bond motifs is 5. The average molecular weight is 397 g/mol. The summed E-state index contributed by atoms with van der Waals surface area (Å²) in [4.78, 5) is 25.1. The van der Waals surface area contributed by atoms with Crippen LogP contribution in [-0.4, -0.2) is 27.9 Å². The molecule has 0 aliphatic carbocycles.